The Morgan fingerprint density at radius 2 is 1.88 bits per heavy atom. The van der Waals surface area contributed by atoms with Crippen molar-refractivity contribution in [3.8, 4) is 11.4 Å². The van der Waals surface area contributed by atoms with Crippen molar-refractivity contribution in [2.45, 2.75) is 12.7 Å². The summed E-state index contributed by atoms with van der Waals surface area (Å²) in [6, 6.07) is 5.07. The highest BCUT2D eigenvalue weighted by molar-refractivity contribution is 5.52. The van der Waals surface area contributed by atoms with Crippen LogP contribution in [0.25, 0.3) is 11.4 Å². The van der Waals surface area contributed by atoms with Gasteiger partial charge in [-0.25, -0.2) is 8.78 Å². The van der Waals surface area contributed by atoms with Crippen LogP contribution in [0.3, 0.4) is 0 Å². The summed E-state index contributed by atoms with van der Waals surface area (Å²) in [6.07, 6.45) is -3.58. The van der Waals surface area contributed by atoms with Gasteiger partial charge in [0.2, 0.25) is 5.82 Å². The summed E-state index contributed by atoms with van der Waals surface area (Å²) in [7, 11) is 0. The lowest BCUT2D eigenvalue weighted by Gasteiger charge is -2.07. The van der Waals surface area contributed by atoms with Crippen LogP contribution in [0, 0.1) is 11.6 Å². The molecule has 0 aliphatic carbocycles. The molecule has 1 aromatic carbocycles. The Kier molecular flexibility index (Phi) is 4.11. The van der Waals surface area contributed by atoms with Crippen LogP contribution in [0.15, 0.2) is 45.8 Å². The van der Waals surface area contributed by atoms with Crippen LogP contribution in [0.5, 0.6) is 0 Å². The van der Waals surface area contributed by atoms with E-state index in [4.69, 9.17) is 0 Å². The largest absolute Gasteiger partial charge is 0.471 e. The summed E-state index contributed by atoms with van der Waals surface area (Å²) in [5.74, 6) is -3.29. The Morgan fingerprint density at radius 1 is 1.12 bits per heavy atom. The molecule has 0 atom stereocenters. The minimum atomic E-state index is -4.80. The Morgan fingerprint density at radius 3 is 2.52 bits per heavy atom. The summed E-state index contributed by atoms with van der Waals surface area (Å²) in [6.45, 7) is -0.247. The van der Waals surface area contributed by atoms with E-state index in [1.54, 1.807) is 0 Å². The molecule has 25 heavy (non-hydrogen) atoms. The lowest BCUT2D eigenvalue weighted by molar-refractivity contribution is -0.159. The van der Waals surface area contributed by atoms with Gasteiger partial charge in [-0.15, -0.1) is 0 Å². The van der Waals surface area contributed by atoms with Gasteiger partial charge >= 0.3 is 12.1 Å². The summed E-state index contributed by atoms with van der Waals surface area (Å²) in [5.41, 5.74) is -0.700. The molecule has 0 N–H and O–H groups in total. The molecule has 0 aliphatic rings. The zero-order valence-electron chi connectivity index (χ0n) is 12.2. The van der Waals surface area contributed by atoms with Crippen LogP contribution < -0.4 is 5.56 Å². The van der Waals surface area contributed by atoms with Gasteiger partial charge in [0.05, 0.1) is 6.54 Å². The molecule has 2 aromatic heterocycles. The minimum absolute atomic E-state index is 0.000198. The first kappa shape index (κ1) is 16.8. The van der Waals surface area contributed by atoms with E-state index >= 15 is 0 Å². The molecule has 0 aliphatic heterocycles. The molecule has 10 heteroatoms. The maximum absolute atomic E-state index is 13.6. The summed E-state index contributed by atoms with van der Waals surface area (Å²) < 4.78 is 69.3. The quantitative estimate of drug-likeness (QED) is 0.675. The summed E-state index contributed by atoms with van der Waals surface area (Å²) in [5, 5.41) is 3.17. The second kappa shape index (κ2) is 6.11. The van der Waals surface area contributed by atoms with Crippen LogP contribution in [0.2, 0.25) is 0 Å². The molecule has 0 amide bonds. The molecule has 3 aromatic rings. The van der Waals surface area contributed by atoms with E-state index in [1.807, 2.05) is 0 Å². The maximum Gasteiger partial charge on any atom is 0.471 e. The lowest BCUT2D eigenvalue weighted by atomic mass is 10.2. The van der Waals surface area contributed by atoms with Crippen molar-refractivity contribution in [3.63, 3.8) is 0 Å². The van der Waals surface area contributed by atoms with E-state index in [-0.39, 0.29) is 17.7 Å². The first-order valence-electron chi connectivity index (χ1n) is 6.80. The third-order valence-corrected chi connectivity index (χ3v) is 3.27. The number of halogens is 5. The Bertz CT molecular complexity index is 978. The number of rotatable bonds is 3. The normalized spacial score (nSPS) is 11.7. The number of hydrogen-bond acceptors (Lipinski definition) is 4. The topological polar surface area (TPSA) is 60.9 Å². The van der Waals surface area contributed by atoms with Gasteiger partial charge in [-0.2, -0.15) is 18.2 Å². The number of alkyl halides is 3. The Hall–Kier alpha value is -3.04. The third-order valence-electron chi connectivity index (χ3n) is 3.27. The number of hydrogen-bond donors (Lipinski definition) is 0. The molecule has 0 bridgehead atoms. The zero-order valence-corrected chi connectivity index (χ0v) is 12.2. The van der Waals surface area contributed by atoms with Crippen LogP contribution in [-0.4, -0.2) is 14.7 Å². The lowest BCUT2D eigenvalue weighted by Crippen LogP contribution is -2.20. The first-order valence-corrected chi connectivity index (χ1v) is 6.80. The predicted molar refractivity (Wildman–Crippen MR) is 74.5 cm³/mol. The monoisotopic (exact) mass is 357 g/mol. The molecular formula is C15H8F5N3O2. The molecular weight excluding hydrogens is 349 g/mol. The Labute approximate surface area is 136 Å². The van der Waals surface area contributed by atoms with E-state index in [2.05, 4.69) is 14.7 Å². The molecule has 0 saturated carbocycles. The second-order valence-corrected chi connectivity index (χ2v) is 5.04. The zero-order chi connectivity index (χ0) is 18.2. The molecule has 130 valence electrons. The molecule has 0 saturated heterocycles. The van der Waals surface area contributed by atoms with Gasteiger partial charge in [0.15, 0.2) is 0 Å². The van der Waals surface area contributed by atoms with Crippen molar-refractivity contribution in [3.05, 3.63) is 70.0 Å². The highest BCUT2D eigenvalue weighted by Gasteiger charge is 2.38. The summed E-state index contributed by atoms with van der Waals surface area (Å²) >= 11 is 0. The fourth-order valence-corrected chi connectivity index (χ4v) is 2.08. The van der Waals surface area contributed by atoms with Crippen molar-refractivity contribution in [1.29, 1.82) is 0 Å². The minimum Gasteiger partial charge on any atom is -0.329 e. The SMILES string of the molecule is O=c1cc(-c2noc(C(F)(F)F)n2)ccn1Cc1cc(F)ccc1F. The van der Waals surface area contributed by atoms with Crippen molar-refractivity contribution >= 4 is 0 Å². The van der Waals surface area contributed by atoms with Gasteiger partial charge in [-0.3, -0.25) is 4.79 Å². The number of nitrogens with zero attached hydrogens (tertiary/aromatic N) is 3. The van der Waals surface area contributed by atoms with E-state index in [1.165, 1.54) is 12.3 Å². The predicted octanol–water partition coefficient (Wildman–Crippen LogP) is 3.24. The van der Waals surface area contributed by atoms with Crippen molar-refractivity contribution in [1.82, 2.24) is 14.7 Å². The van der Waals surface area contributed by atoms with Crippen LogP contribution in [0.4, 0.5) is 22.0 Å². The van der Waals surface area contributed by atoms with Crippen LogP contribution in [0.1, 0.15) is 11.5 Å². The van der Waals surface area contributed by atoms with Crippen molar-refractivity contribution in [2.75, 3.05) is 0 Å². The van der Waals surface area contributed by atoms with Gasteiger partial charge in [-0.05, 0) is 24.3 Å². The number of aromatic nitrogens is 3. The fraction of sp³-hybridized carbons (Fsp3) is 0.133. The first-order chi connectivity index (χ1) is 11.7. The molecule has 0 radical (unpaired) electrons. The van der Waals surface area contributed by atoms with Gasteiger partial charge in [0.1, 0.15) is 11.6 Å². The number of benzene rings is 1. The average Bonchev–Trinajstić information content (AvgIpc) is 3.03. The second-order valence-electron chi connectivity index (χ2n) is 5.04. The fourth-order valence-electron chi connectivity index (χ4n) is 2.08. The third kappa shape index (κ3) is 3.57. The van der Waals surface area contributed by atoms with Gasteiger partial charge in [0.25, 0.3) is 5.56 Å². The molecule has 2 heterocycles. The standard InChI is InChI=1S/C15H8F5N3O2/c16-10-1-2-11(17)9(5-10)7-23-4-3-8(6-12(23)24)13-21-14(25-22-13)15(18,19)20/h1-6H,7H2. The highest BCUT2D eigenvalue weighted by Crippen LogP contribution is 2.29. The maximum atomic E-state index is 13.6. The molecule has 5 nitrogen and oxygen atoms in total. The van der Waals surface area contributed by atoms with Gasteiger partial charge in [-0.1, -0.05) is 5.16 Å². The van der Waals surface area contributed by atoms with Crippen molar-refractivity contribution < 1.29 is 26.5 Å². The highest BCUT2D eigenvalue weighted by atomic mass is 19.4. The van der Waals surface area contributed by atoms with Gasteiger partial charge < -0.3 is 9.09 Å². The smallest absolute Gasteiger partial charge is 0.329 e. The number of pyridine rings is 1. The van der Waals surface area contributed by atoms with E-state index < -0.39 is 35.1 Å². The van der Waals surface area contributed by atoms with E-state index in [0.29, 0.717) is 0 Å². The average molecular weight is 357 g/mol. The molecule has 3 rings (SSSR count). The van der Waals surface area contributed by atoms with Crippen molar-refractivity contribution in [2.24, 2.45) is 0 Å². The molecule has 0 fully saturated rings. The van der Waals surface area contributed by atoms with Crippen LogP contribution in [-0.2, 0) is 12.7 Å². The van der Waals surface area contributed by atoms with Crippen LogP contribution >= 0.6 is 0 Å². The molecule has 0 spiro atoms. The van der Waals surface area contributed by atoms with E-state index in [9.17, 15) is 26.7 Å². The summed E-state index contributed by atoms with van der Waals surface area (Å²) in [4.78, 5) is 15.2. The Balaban J connectivity index is 1.90. The van der Waals surface area contributed by atoms with E-state index in [0.717, 1.165) is 28.8 Å². The van der Waals surface area contributed by atoms with Gasteiger partial charge in [0, 0.05) is 23.4 Å². The molecule has 0 unspecified atom stereocenters.